The van der Waals surface area contributed by atoms with Gasteiger partial charge in [0, 0.05) is 0 Å². The number of benzene rings is 2. The Morgan fingerprint density at radius 2 is 1.96 bits per heavy atom. The normalized spacial score (nSPS) is 19.7. The Morgan fingerprint density at radius 1 is 1.13 bits per heavy atom. The van der Waals surface area contributed by atoms with Crippen LogP contribution in [0.5, 0.6) is 5.75 Å². The molecule has 0 aliphatic heterocycles. The van der Waals surface area contributed by atoms with E-state index in [1.165, 1.54) is 41.5 Å². The zero-order valence-electron chi connectivity index (χ0n) is 14.9. The first-order valence-electron chi connectivity index (χ1n) is 8.82. The minimum absolute atomic E-state index is 0.389. The predicted octanol–water partition coefficient (Wildman–Crippen LogP) is 6.22. The van der Waals surface area contributed by atoms with Crippen molar-refractivity contribution in [3.63, 3.8) is 0 Å². The van der Waals surface area contributed by atoms with Gasteiger partial charge in [0.1, 0.15) is 5.75 Å². The topological polar surface area (TPSA) is 9.23 Å². The molecule has 0 N–H and O–H groups in total. The molecule has 1 atom stereocenters. The highest BCUT2D eigenvalue weighted by Gasteiger charge is 2.36. The number of methoxy groups -OCH3 is 1. The van der Waals surface area contributed by atoms with Crippen molar-refractivity contribution in [2.24, 2.45) is 5.41 Å². The molecule has 23 heavy (non-hydrogen) atoms. The number of rotatable bonds is 4. The van der Waals surface area contributed by atoms with Crippen LogP contribution in [0.25, 0.3) is 11.1 Å². The van der Waals surface area contributed by atoms with Crippen molar-refractivity contribution in [2.75, 3.05) is 7.11 Å². The molecule has 2 aromatic rings. The monoisotopic (exact) mass is 308 g/mol. The molecule has 0 bridgehead atoms. The Balaban J connectivity index is 2.13. The molecule has 1 saturated carbocycles. The van der Waals surface area contributed by atoms with Crippen molar-refractivity contribution in [3.8, 4) is 16.9 Å². The van der Waals surface area contributed by atoms with E-state index in [1.807, 2.05) is 6.07 Å². The fraction of sp³-hybridized carbons (Fsp3) is 0.455. The van der Waals surface area contributed by atoms with Gasteiger partial charge in [-0.15, -0.1) is 0 Å². The molecular formula is C22H28O. The fourth-order valence-corrected chi connectivity index (χ4v) is 4.08. The first-order valence-corrected chi connectivity index (χ1v) is 8.82. The first-order chi connectivity index (χ1) is 11.0. The third kappa shape index (κ3) is 3.15. The van der Waals surface area contributed by atoms with Crippen molar-refractivity contribution < 1.29 is 4.74 Å². The molecule has 1 aliphatic rings. The van der Waals surface area contributed by atoms with E-state index in [9.17, 15) is 0 Å². The van der Waals surface area contributed by atoms with Gasteiger partial charge in [-0.1, -0.05) is 57.5 Å². The predicted molar refractivity (Wildman–Crippen MR) is 98.2 cm³/mol. The molecule has 0 heterocycles. The summed E-state index contributed by atoms with van der Waals surface area (Å²) in [6.45, 7) is 7.10. The number of aryl methyl sites for hydroxylation is 1. The summed E-state index contributed by atoms with van der Waals surface area (Å²) in [5.74, 6) is 1.58. The molecule has 0 amide bonds. The van der Waals surface area contributed by atoms with E-state index < -0.39 is 0 Å². The molecule has 1 heteroatoms. The summed E-state index contributed by atoms with van der Waals surface area (Å²) in [5, 5.41) is 0. The summed E-state index contributed by atoms with van der Waals surface area (Å²) < 4.78 is 5.43. The molecule has 0 spiro atoms. The summed E-state index contributed by atoms with van der Waals surface area (Å²) in [6.07, 6.45) is 5.06. The van der Waals surface area contributed by atoms with Gasteiger partial charge in [0.15, 0.2) is 0 Å². The molecule has 0 radical (unpaired) electrons. The largest absolute Gasteiger partial charge is 0.497 e. The lowest BCUT2D eigenvalue weighted by atomic mass is 9.75. The van der Waals surface area contributed by atoms with E-state index in [0.29, 0.717) is 11.3 Å². The Bertz CT molecular complexity index is 684. The summed E-state index contributed by atoms with van der Waals surface area (Å²) in [5.41, 5.74) is 6.00. The van der Waals surface area contributed by atoms with Gasteiger partial charge < -0.3 is 4.74 Å². The van der Waals surface area contributed by atoms with Gasteiger partial charge in [0.2, 0.25) is 0 Å². The third-order valence-electron chi connectivity index (χ3n) is 5.54. The van der Waals surface area contributed by atoms with Gasteiger partial charge in [0.05, 0.1) is 7.11 Å². The van der Waals surface area contributed by atoms with E-state index >= 15 is 0 Å². The summed E-state index contributed by atoms with van der Waals surface area (Å²) in [6, 6.07) is 15.5. The summed E-state index contributed by atoms with van der Waals surface area (Å²) >= 11 is 0. The second kappa shape index (κ2) is 6.39. The van der Waals surface area contributed by atoms with Gasteiger partial charge in [0.25, 0.3) is 0 Å². The number of ether oxygens (including phenoxy) is 1. The maximum Gasteiger partial charge on any atom is 0.119 e. The standard InChI is InChI=1S/C22H28O/c1-5-16-11-12-19(17-8-6-9-18(15-17)23-4)20(14-16)21-10-7-13-22(21,2)3/h6,8-9,11-12,14-15,21H,5,7,10,13H2,1-4H3/t21-/m0/s1. The molecule has 0 aromatic heterocycles. The van der Waals surface area contributed by atoms with Crippen LogP contribution < -0.4 is 4.74 Å². The lowest BCUT2D eigenvalue weighted by Gasteiger charge is -2.30. The van der Waals surface area contributed by atoms with Gasteiger partial charge >= 0.3 is 0 Å². The maximum absolute atomic E-state index is 5.43. The van der Waals surface area contributed by atoms with Crippen molar-refractivity contribution in [1.82, 2.24) is 0 Å². The lowest BCUT2D eigenvalue weighted by molar-refractivity contribution is 0.333. The summed E-state index contributed by atoms with van der Waals surface area (Å²) in [4.78, 5) is 0. The van der Waals surface area contributed by atoms with E-state index in [0.717, 1.165) is 12.2 Å². The minimum Gasteiger partial charge on any atom is -0.497 e. The first kappa shape index (κ1) is 16.1. The smallest absolute Gasteiger partial charge is 0.119 e. The van der Waals surface area contributed by atoms with Crippen molar-refractivity contribution in [2.45, 2.75) is 52.4 Å². The fourth-order valence-electron chi connectivity index (χ4n) is 4.08. The van der Waals surface area contributed by atoms with Crippen LogP contribution >= 0.6 is 0 Å². The third-order valence-corrected chi connectivity index (χ3v) is 5.54. The van der Waals surface area contributed by atoms with E-state index in [2.05, 4.69) is 57.2 Å². The molecule has 2 aromatic carbocycles. The van der Waals surface area contributed by atoms with Crippen LogP contribution in [0.4, 0.5) is 0 Å². The molecule has 3 rings (SSSR count). The van der Waals surface area contributed by atoms with Gasteiger partial charge in [-0.25, -0.2) is 0 Å². The average Bonchev–Trinajstić information content (AvgIpc) is 2.93. The van der Waals surface area contributed by atoms with Gasteiger partial charge in [-0.2, -0.15) is 0 Å². The zero-order valence-corrected chi connectivity index (χ0v) is 14.9. The molecule has 122 valence electrons. The Kier molecular flexibility index (Phi) is 4.48. The number of hydrogen-bond acceptors (Lipinski definition) is 1. The van der Waals surface area contributed by atoms with Crippen molar-refractivity contribution in [3.05, 3.63) is 53.6 Å². The van der Waals surface area contributed by atoms with Crippen LogP contribution in [-0.4, -0.2) is 7.11 Å². The van der Waals surface area contributed by atoms with Crippen LogP contribution in [0, 0.1) is 5.41 Å². The summed E-state index contributed by atoms with van der Waals surface area (Å²) in [7, 11) is 1.74. The second-order valence-electron chi connectivity index (χ2n) is 7.44. The van der Waals surface area contributed by atoms with Gasteiger partial charge in [-0.3, -0.25) is 0 Å². The molecule has 1 nitrogen and oxygen atoms in total. The van der Waals surface area contributed by atoms with Crippen LogP contribution in [0.3, 0.4) is 0 Å². The zero-order chi connectivity index (χ0) is 16.4. The van der Waals surface area contributed by atoms with Crippen LogP contribution in [0.1, 0.15) is 57.1 Å². The van der Waals surface area contributed by atoms with E-state index in [1.54, 1.807) is 7.11 Å². The van der Waals surface area contributed by atoms with Crippen LogP contribution in [0.15, 0.2) is 42.5 Å². The highest BCUT2D eigenvalue weighted by atomic mass is 16.5. The molecule has 1 aliphatic carbocycles. The molecule has 0 unspecified atom stereocenters. The van der Waals surface area contributed by atoms with E-state index in [4.69, 9.17) is 4.74 Å². The molecule has 1 fully saturated rings. The van der Waals surface area contributed by atoms with E-state index in [-0.39, 0.29) is 0 Å². The minimum atomic E-state index is 0.389. The highest BCUT2D eigenvalue weighted by molar-refractivity contribution is 5.70. The quantitative estimate of drug-likeness (QED) is 0.651. The average molecular weight is 308 g/mol. The van der Waals surface area contributed by atoms with Crippen LogP contribution in [0.2, 0.25) is 0 Å². The maximum atomic E-state index is 5.43. The Hall–Kier alpha value is -1.76. The molecular weight excluding hydrogens is 280 g/mol. The second-order valence-corrected chi connectivity index (χ2v) is 7.44. The molecule has 0 saturated heterocycles. The van der Waals surface area contributed by atoms with Crippen molar-refractivity contribution >= 4 is 0 Å². The van der Waals surface area contributed by atoms with Gasteiger partial charge in [-0.05, 0) is 65.0 Å². The SMILES string of the molecule is CCc1ccc(-c2cccc(OC)c2)c([C@@H]2CCCC2(C)C)c1. The lowest BCUT2D eigenvalue weighted by Crippen LogP contribution is -2.16. The Morgan fingerprint density at radius 3 is 2.61 bits per heavy atom. The number of hydrogen-bond donors (Lipinski definition) is 0. The highest BCUT2D eigenvalue weighted by Crippen LogP contribution is 2.51. The Labute approximate surface area is 140 Å². The van der Waals surface area contributed by atoms with Crippen molar-refractivity contribution in [1.29, 1.82) is 0 Å². The van der Waals surface area contributed by atoms with Crippen LogP contribution in [-0.2, 0) is 6.42 Å².